The van der Waals surface area contributed by atoms with Gasteiger partial charge in [-0.25, -0.2) is 0 Å². The van der Waals surface area contributed by atoms with Gasteiger partial charge in [-0.3, -0.25) is 4.79 Å². The van der Waals surface area contributed by atoms with Crippen molar-refractivity contribution >= 4 is 34.8 Å². The summed E-state index contributed by atoms with van der Waals surface area (Å²) in [5.41, 5.74) is -1.06. The minimum atomic E-state index is -4.56. The topological polar surface area (TPSA) is 42.2 Å². The van der Waals surface area contributed by atoms with E-state index in [1.165, 1.54) is 18.2 Å². The zero-order valence-electron chi connectivity index (χ0n) is 9.59. The molecule has 2 aromatic rings. The van der Waals surface area contributed by atoms with Crippen LogP contribution in [0.25, 0.3) is 0 Å². The van der Waals surface area contributed by atoms with E-state index in [1.54, 1.807) is 0 Å². The van der Waals surface area contributed by atoms with Gasteiger partial charge in [-0.1, -0.05) is 11.6 Å². The maximum absolute atomic E-state index is 12.6. The summed E-state index contributed by atoms with van der Waals surface area (Å²) in [5.74, 6) is -0.851. The molecule has 8 heteroatoms. The molecule has 1 aromatic heterocycles. The summed E-state index contributed by atoms with van der Waals surface area (Å²) in [6, 6.07) is 5.37. The molecular formula is C12H6Cl2F3NO2. The number of hydrogen-bond acceptors (Lipinski definition) is 2. The van der Waals surface area contributed by atoms with Crippen LogP contribution in [0.5, 0.6) is 0 Å². The number of halogens is 5. The third-order valence-corrected chi connectivity index (χ3v) is 2.70. The number of hydrogen-bond donors (Lipinski definition) is 1. The second-order valence-electron chi connectivity index (χ2n) is 3.78. The third-order valence-electron chi connectivity index (χ3n) is 2.28. The molecule has 0 saturated heterocycles. The lowest BCUT2D eigenvalue weighted by atomic mass is 10.2. The van der Waals surface area contributed by atoms with E-state index in [4.69, 9.17) is 27.6 Å². The Morgan fingerprint density at radius 1 is 1.15 bits per heavy atom. The predicted molar refractivity (Wildman–Crippen MR) is 68.1 cm³/mol. The van der Waals surface area contributed by atoms with Crippen molar-refractivity contribution in [2.45, 2.75) is 6.18 Å². The standard InChI is InChI=1S/C12H6Cl2F3NO2/c13-7-3-6(12(15,16)17)4-8(5-7)18-11(19)9-1-2-10(14)20-9/h1-5H,(H,18,19). The molecule has 0 bridgehead atoms. The minimum Gasteiger partial charge on any atom is -0.440 e. The molecule has 0 aliphatic heterocycles. The Balaban J connectivity index is 2.25. The van der Waals surface area contributed by atoms with E-state index >= 15 is 0 Å². The maximum atomic E-state index is 12.6. The number of carbonyl (C=O) groups is 1. The predicted octanol–water partition coefficient (Wildman–Crippen LogP) is 4.86. The average Bonchev–Trinajstić information content (AvgIpc) is 2.74. The van der Waals surface area contributed by atoms with Crippen molar-refractivity contribution in [1.29, 1.82) is 0 Å². The molecule has 0 spiro atoms. The van der Waals surface area contributed by atoms with E-state index in [-0.39, 0.29) is 21.7 Å². The molecule has 0 saturated carbocycles. The molecular weight excluding hydrogens is 318 g/mol. The second kappa shape index (κ2) is 5.38. The summed E-state index contributed by atoms with van der Waals surface area (Å²) < 4.78 is 42.7. The van der Waals surface area contributed by atoms with E-state index in [0.29, 0.717) is 0 Å². The molecule has 0 radical (unpaired) electrons. The highest BCUT2D eigenvalue weighted by Gasteiger charge is 2.31. The summed E-state index contributed by atoms with van der Waals surface area (Å²) in [5, 5.41) is 2.10. The maximum Gasteiger partial charge on any atom is 0.416 e. The zero-order valence-corrected chi connectivity index (χ0v) is 11.1. The number of alkyl halides is 3. The molecule has 0 aliphatic rings. The van der Waals surface area contributed by atoms with E-state index in [0.717, 1.165) is 12.1 Å². The van der Waals surface area contributed by atoms with E-state index in [2.05, 4.69) is 5.32 Å². The Morgan fingerprint density at radius 3 is 2.40 bits per heavy atom. The van der Waals surface area contributed by atoms with Gasteiger partial charge in [0.2, 0.25) is 0 Å². The molecule has 1 heterocycles. The molecule has 0 atom stereocenters. The fourth-order valence-electron chi connectivity index (χ4n) is 1.45. The molecule has 0 aliphatic carbocycles. The third kappa shape index (κ3) is 3.46. The Morgan fingerprint density at radius 2 is 1.85 bits per heavy atom. The van der Waals surface area contributed by atoms with Crippen LogP contribution < -0.4 is 5.32 Å². The van der Waals surface area contributed by atoms with Crippen molar-refractivity contribution in [2.24, 2.45) is 0 Å². The fourth-order valence-corrected chi connectivity index (χ4v) is 1.84. The highest BCUT2D eigenvalue weighted by Crippen LogP contribution is 2.33. The van der Waals surface area contributed by atoms with Crippen molar-refractivity contribution in [3.8, 4) is 0 Å². The highest BCUT2D eigenvalue weighted by atomic mass is 35.5. The van der Waals surface area contributed by atoms with Gasteiger partial charge in [-0.05, 0) is 41.9 Å². The molecule has 0 fully saturated rings. The second-order valence-corrected chi connectivity index (χ2v) is 4.59. The van der Waals surface area contributed by atoms with E-state index < -0.39 is 17.6 Å². The molecule has 0 unspecified atom stereocenters. The Labute approximate surface area is 121 Å². The van der Waals surface area contributed by atoms with Crippen LogP contribution in [0.15, 0.2) is 34.7 Å². The SMILES string of the molecule is O=C(Nc1cc(Cl)cc(C(F)(F)F)c1)c1ccc(Cl)o1. The first-order chi connectivity index (χ1) is 9.25. The van der Waals surface area contributed by atoms with Gasteiger partial charge in [-0.2, -0.15) is 13.2 Å². The van der Waals surface area contributed by atoms with Crippen molar-refractivity contribution in [3.63, 3.8) is 0 Å². The van der Waals surface area contributed by atoms with Gasteiger partial charge in [0, 0.05) is 10.7 Å². The van der Waals surface area contributed by atoms with Gasteiger partial charge >= 0.3 is 6.18 Å². The van der Waals surface area contributed by atoms with Crippen LogP contribution in [-0.2, 0) is 6.18 Å². The number of anilines is 1. The van der Waals surface area contributed by atoms with Crippen LogP contribution in [0.2, 0.25) is 10.2 Å². The summed E-state index contributed by atoms with van der Waals surface area (Å²) in [7, 11) is 0. The lowest BCUT2D eigenvalue weighted by Crippen LogP contribution is -2.12. The summed E-state index contributed by atoms with van der Waals surface area (Å²) >= 11 is 11.1. The van der Waals surface area contributed by atoms with Crippen LogP contribution in [0.4, 0.5) is 18.9 Å². The first kappa shape index (κ1) is 14.7. The highest BCUT2D eigenvalue weighted by molar-refractivity contribution is 6.31. The van der Waals surface area contributed by atoms with Crippen LogP contribution >= 0.6 is 23.2 Å². The van der Waals surface area contributed by atoms with Crippen molar-refractivity contribution in [2.75, 3.05) is 5.32 Å². The first-order valence-corrected chi connectivity index (χ1v) is 5.96. The van der Waals surface area contributed by atoms with Gasteiger partial charge in [0.05, 0.1) is 5.56 Å². The molecule has 20 heavy (non-hydrogen) atoms. The Hall–Kier alpha value is -1.66. The molecule has 1 amide bonds. The normalized spacial score (nSPS) is 11.4. The number of furan rings is 1. The van der Waals surface area contributed by atoms with Crippen LogP contribution in [0.3, 0.4) is 0 Å². The molecule has 106 valence electrons. The Bertz CT molecular complexity index is 652. The van der Waals surface area contributed by atoms with Crippen LogP contribution in [0, 0.1) is 0 Å². The zero-order chi connectivity index (χ0) is 14.9. The lowest BCUT2D eigenvalue weighted by molar-refractivity contribution is -0.137. The lowest BCUT2D eigenvalue weighted by Gasteiger charge is -2.10. The number of rotatable bonds is 2. The fraction of sp³-hybridized carbons (Fsp3) is 0.0833. The van der Waals surface area contributed by atoms with Crippen molar-refractivity contribution in [3.05, 3.63) is 51.9 Å². The molecule has 2 rings (SSSR count). The monoisotopic (exact) mass is 323 g/mol. The van der Waals surface area contributed by atoms with Gasteiger partial charge in [0.15, 0.2) is 11.0 Å². The van der Waals surface area contributed by atoms with Crippen LogP contribution in [0.1, 0.15) is 16.1 Å². The molecule has 3 nitrogen and oxygen atoms in total. The van der Waals surface area contributed by atoms with Gasteiger partial charge in [0.25, 0.3) is 5.91 Å². The quantitative estimate of drug-likeness (QED) is 0.857. The minimum absolute atomic E-state index is 0.00257. The number of carbonyl (C=O) groups excluding carboxylic acids is 1. The van der Waals surface area contributed by atoms with E-state index in [9.17, 15) is 18.0 Å². The molecule has 1 N–H and O–H groups in total. The summed E-state index contributed by atoms with van der Waals surface area (Å²) in [4.78, 5) is 11.7. The van der Waals surface area contributed by atoms with Gasteiger partial charge in [-0.15, -0.1) is 0 Å². The summed E-state index contributed by atoms with van der Waals surface area (Å²) in [6.07, 6.45) is -4.56. The van der Waals surface area contributed by atoms with Crippen molar-refractivity contribution < 1.29 is 22.4 Å². The van der Waals surface area contributed by atoms with Gasteiger partial charge in [0.1, 0.15) is 0 Å². The smallest absolute Gasteiger partial charge is 0.416 e. The first-order valence-electron chi connectivity index (χ1n) is 5.20. The van der Waals surface area contributed by atoms with Crippen molar-refractivity contribution in [1.82, 2.24) is 0 Å². The Kier molecular flexibility index (Phi) is 3.96. The number of benzene rings is 1. The largest absolute Gasteiger partial charge is 0.440 e. The van der Waals surface area contributed by atoms with E-state index in [1.807, 2.05) is 0 Å². The molecule has 1 aromatic carbocycles. The summed E-state index contributed by atoms with van der Waals surface area (Å²) in [6.45, 7) is 0. The van der Waals surface area contributed by atoms with Crippen LogP contribution in [-0.4, -0.2) is 5.91 Å². The van der Waals surface area contributed by atoms with Gasteiger partial charge < -0.3 is 9.73 Å². The number of nitrogens with one attached hydrogen (secondary N) is 1. The number of amides is 1. The average molecular weight is 324 g/mol.